The van der Waals surface area contributed by atoms with Gasteiger partial charge in [0.25, 0.3) is 11.8 Å². The minimum atomic E-state index is -0.950. The van der Waals surface area contributed by atoms with Gasteiger partial charge in [0.15, 0.2) is 6.10 Å². The molecule has 146 valence electrons. The number of hydrogen-bond acceptors (Lipinski definition) is 4. The molecule has 0 saturated carbocycles. The molecule has 1 aliphatic heterocycles. The van der Waals surface area contributed by atoms with Crippen molar-refractivity contribution in [3.05, 3.63) is 64.7 Å². The first-order chi connectivity index (χ1) is 13.4. The summed E-state index contributed by atoms with van der Waals surface area (Å²) in [4.78, 5) is 38.6. The maximum absolute atomic E-state index is 12.8. The normalized spacial score (nSPS) is 16.2. The van der Waals surface area contributed by atoms with Gasteiger partial charge in [-0.05, 0) is 56.2 Å². The molecule has 1 heterocycles. The van der Waals surface area contributed by atoms with Gasteiger partial charge in [0.2, 0.25) is 0 Å². The van der Waals surface area contributed by atoms with E-state index >= 15 is 0 Å². The van der Waals surface area contributed by atoms with Gasteiger partial charge < -0.3 is 15.0 Å². The van der Waals surface area contributed by atoms with Crippen LogP contribution in [0, 0.1) is 0 Å². The second-order valence-corrected chi connectivity index (χ2v) is 7.15. The molecule has 2 amide bonds. The fourth-order valence-electron chi connectivity index (χ4n) is 3.24. The average molecular weight is 401 g/mol. The lowest BCUT2D eigenvalue weighted by molar-refractivity contribution is -0.152. The van der Waals surface area contributed by atoms with Crippen molar-refractivity contribution < 1.29 is 19.1 Å². The molecule has 2 unspecified atom stereocenters. The molecule has 1 N–H and O–H groups in total. The van der Waals surface area contributed by atoms with Crippen LogP contribution in [0.1, 0.15) is 29.8 Å². The van der Waals surface area contributed by atoms with E-state index in [4.69, 9.17) is 16.3 Å². The van der Waals surface area contributed by atoms with Crippen molar-refractivity contribution in [2.75, 3.05) is 11.4 Å². The van der Waals surface area contributed by atoms with E-state index in [0.29, 0.717) is 10.6 Å². The number of anilines is 1. The lowest BCUT2D eigenvalue weighted by atomic mass is 10.1. The molecule has 2 atom stereocenters. The van der Waals surface area contributed by atoms with Gasteiger partial charge in [-0.1, -0.05) is 29.8 Å². The van der Waals surface area contributed by atoms with Crippen LogP contribution >= 0.6 is 11.6 Å². The maximum atomic E-state index is 12.8. The van der Waals surface area contributed by atoms with Crippen molar-refractivity contribution in [1.29, 1.82) is 0 Å². The van der Waals surface area contributed by atoms with E-state index in [2.05, 4.69) is 5.32 Å². The zero-order valence-corrected chi connectivity index (χ0v) is 16.4. The van der Waals surface area contributed by atoms with Crippen molar-refractivity contribution >= 4 is 35.1 Å². The Kier molecular flexibility index (Phi) is 5.99. The number of nitrogens with one attached hydrogen (secondary N) is 1. The van der Waals surface area contributed by atoms with Gasteiger partial charge in [0.1, 0.15) is 6.54 Å². The Bertz CT molecular complexity index is 898. The van der Waals surface area contributed by atoms with E-state index in [-0.39, 0.29) is 18.5 Å². The molecule has 2 aromatic rings. The fourth-order valence-corrected chi connectivity index (χ4v) is 3.37. The molecule has 0 radical (unpaired) electrons. The van der Waals surface area contributed by atoms with E-state index < -0.39 is 18.0 Å². The van der Waals surface area contributed by atoms with Crippen molar-refractivity contribution in [2.45, 2.75) is 32.4 Å². The number of fused-ring (bicyclic) bond motifs is 1. The first-order valence-electron chi connectivity index (χ1n) is 9.01. The molecule has 0 bridgehead atoms. The molecular weight excluding hydrogens is 380 g/mol. The van der Waals surface area contributed by atoms with Crippen molar-refractivity contribution in [1.82, 2.24) is 5.32 Å². The average Bonchev–Trinajstić information content (AvgIpc) is 3.01. The summed E-state index contributed by atoms with van der Waals surface area (Å²) in [5, 5.41) is 2.99. The van der Waals surface area contributed by atoms with Crippen molar-refractivity contribution in [3.8, 4) is 0 Å². The molecule has 1 aliphatic rings. The summed E-state index contributed by atoms with van der Waals surface area (Å²) >= 11 is 5.78. The maximum Gasteiger partial charge on any atom is 0.326 e. The summed E-state index contributed by atoms with van der Waals surface area (Å²) in [5.41, 5.74) is 2.32. The molecule has 0 aliphatic carbocycles. The van der Waals surface area contributed by atoms with Crippen LogP contribution in [-0.4, -0.2) is 36.5 Å². The van der Waals surface area contributed by atoms with Gasteiger partial charge in [-0.15, -0.1) is 0 Å². The minimum Gasteiger partial charge on any atom is -0.451 e. The highest BCUT2D eigenvalue weighted by atomic mass is 35.5. The van der Waals surface area contributed by atoms with Gasteiger partial charge in [-0.2, -0.15) is 0 Å². The Morgan fingerprint density at radius 3 is 2.57 bits per heavy atom. The predicted octanol–water partition coefficient (Wildman–Crippen LogP) is 2.98. The monoisotopic (exact) mass is 400 g/mol. The summed E-state index contributed by atoms with van der Waals surface area (Å²) < 4.78 is 5.23. The zero-order chi connectivity index (χ0) is 20.3. The number of benzene rings is 2. The Hall–Kier alpha value is -2.86. The fraction of sp³-hybridized carbons (Fsp3) is 0.286. The number of carbonyl (C=O) groups is 3. The highest BCUT2D eigenvalue weighted by Gasteiger charge is 2.34. The summed E-state index contributed by atoms with van der Waals surface area (Å²) in [7, 11) is 0. The Balaban J connectivity index is 1.55. The van der Waals surface area contributed by atoms with Crippen LogP contribution in [0.4, 0.5) is 5.69 Å². The standard InChI is InChI=1S/C21H21ClN2O4/c1-13-11-16-5-3-4-6-18(16)24(13)21(27)14(2)28-19(25)12-23-20(26)15-7-9-17(22)10-8-15/h3-10,13-14H,11-12H2,1-2H3,(H,23,26). The molecule has 7 heteroatoms. The van der Waals surface area contributed by atoms with Gasteiger partial charge in [-0.25, -0.2) is 0 Å². The molecule has 28 heavy (non-hydrogen) atoms. The van der Waals surface area contributed by atoms with Crippen molar-refractivity contribution in [3.63, 3.8) is 0 Å². The molecule has 0 saturated heterocycles. The first kappa shape index (κ1) is 19.9. The molecule has 0 aromatic heterocycles. The number of esters is 1. The quantitative estimate of drug-likeness (QED) is 0.783. The highest BCUT2D eigenvalue weighted by molar-refractivity contribution is 6.30. The van der Waals surface area contributed by atoms with Gasteiger partial charge in [-0.3, -0.25) is 14.4 Å². The van der Waals surface area contributed by atoms with Crippen LogP contribution in [0.15, 0.2) is 48.5 Å². The first-order valence-corrected chi connectivity index (χ1v) is 9.39. The number of halogens is 1. The molecule has 6 nitrogen and oxygen atoms in total. The molecule has 2 aromatic carbocycles. The predicted molar refractivity (Wildman–Crippen MR) is 106 cm³/mol. The Labute approximate surface area is 168 Å². The summed E-state index contributed by atoms with van der Waals surface area (Å²) in [6.45, 7) is 3.17. The van der Waals surface area contributed by atoms with Crippen LogP contribution in [0.2, 0.25) is 5.02 Å². The summed E-state index contributed by atoms with van der Waals surface area (Å²) in [6, 6.07) is 14.0. The number of carbonyl (C=O) groups excluding carboxylic acids is 3. The largest absolute Gasteiger partial charge is 0.451 e. The SMILES string of the molecule is CC(OC(=O)CNC(=O)c1ccc(Cl)cc1)C(=O)N1c2ccccc2CC1C. The third-order valence-electron chi connectivity index (χ3n) is 4.60. The van der Waals surface area contributed by atoms with Gasteiger partial charge in [0.05, 0.1) is 0 Å². The molecular formula is C21H21ClN2O4. The van der Waals surface area contributed by atoms with E-state index in [9.17, 15) is 14.4 Å². The molecule has 3 rings (SSSR count). The van der Waals surface area contributed by atoms with Crippen LogP contribution in [-0.2, 0) is 20.7 Å². The highest BCUT2D eigenvalue weighted by Crippen LogP contribution is 2.32. The number of para-hydroxylation sites is 1. The Morgan fingerprint density at radius 2 is 1.86 bits per heavy atom. The van der Waals surface area contributed by atoms with Crippen LogP contribution in [0.3, 0.4) is 0 Å². The number of amides is 2. The minimum absolute atomic E-state index is 0.00402. The number of nitrogens with zero attached hydrogens (tertiary/aromatic N) is 1. The zero-order valence-electron chi connectivity index (χ0n) is 15.6. The number of ether oxygens (including phenoxy) is 1. The van der Waals surface area contributed by atoms with Crippen molar-refractivity contribution in [2.24, 2.45) is 0 Å². The summed E-state index contributed by atoms with van der Waals surface area (Å²) in [6.07, 6.45) is -0.187. The van der Waals surface area contributed by atoms with E-state index in [0.717, 1.165) is 17.7 Å². The summed E-state index contributed by atoms with van der Waals surface area (Å²) in [5.74, 6) is -1.38. The van der Waals surface area contributed by atoms with E-state index in [1.807, 2.05) is 31.2 Å². The molecule has 0 fully saturated rings. The Morgan fingerprint density at radius 1 is 1.18 bits per heavy atom. The second kappa shape index (κ2) is 8.44. The van der Waals surface area contributed by atoms with Crippen LogP contribution < -0.4 is 10.2 Å². The number of rotatable bonds is 5. The topological polar surface area (TPSA) is 75.7 Å². The van der Waals surface area contributed by atoms with Gasteiger partial charge >= 0.3 is 5.97 Å². The van der Waals surface area contributed by atoms with E-state index in [1.165, 1.54) is 6.92 Å². The van der Waals surface area contributed by atoms with Crippen LogP contribution in [0.25, 0.3) is 0 Å². The lowest BCUT2D eigenvalue weighted by Crippen LogP contribution is -2.44. The van der Waals surface area contributed by atoms with E-state index in [1.54, 1.807) is 29.2 Å². The third-order valence-corrected chi connectivity index (χ3v) is 4.85. The van der Waals surface area contributed by atoms with Crippen LogP contribution in [0.5, 0.6) is 0 Å². The third kappa shape index (κ3) is 4.34. The smallest absolute Gasteiger partial charge is 0.326 e. The number of hydrogen-bond donors (Lipinski definition) is 1. The second-order valence-electron chi connectivity index (χ2n) is 6.71. The lowest BCUT2D eigenvalue weighted by Gasteiger charge is -2.26. The van der Waals surface area contributed by atoms with Gasteiger partial charge in [0, 0.05) is 22.3 Å². The molecule has 0 spiro atoms.